The molecule has 0 aliphatic heterocycles. The summed E-state index contributed by atoms with van der Waals surface area (Å²) in [6, 6.07) is 13.7. The number of benzene rings is 2. The Kier molecular flexibility index (Phi) is 3.21. The molecule has 1 amide bonds. The van der Waals surface area contributed by atoms with Crippen LogP contribution in [0, 0.1) is 0 Å². The number of aromatic amines is 1. The van der Waals surface area contributed by atoms with E-state index in [1.165, 1.54) is 0 Å². The first kappa shape index (κ1) is 12.4. The average molecular weight is 265 g/mol. The van der Waals surface area contributed by atoms with Crippen molar-refractivity contribution < 1.29 is 4.79 Å². The van der Waals surface area contributed by atoms with Gasteiger partial charge >= 0.3 is 0 Å². The van der Waals surface area contributed by atoms with Crippen LogP contribution in [0.1, 0.15) is 22.8 Å². The molecule has 4 nitrogen and oxygen atoms in total. The summed E-state index contributed by atoms with van der Waals surface area (Å²) < 4.78 is 0. The first-order valence-electron chi connectivity index (χ1n) is 6.60. The summed E-state index contributed by atoms with van der Waals surface area (Å²) in [5.41, 5.74) is 1.64. The van der Waals surface area contributed by atoms with E-state index in [4.69, 9.17) is 0 Å². The lowest BCUT2D eigenvalue weighted by Gasteiger charge is -2.06. The van der Waals surface area contributed by atoms with Gasteiger partial charge in [-0.1, -0.05) is 37.3 Å². The Hall–Kier alpha value is -2.62. The van der Waals surface area contributed by atoms with Crippen LogP contribution in [0.5, 0.6) is 0 Å². The van der Waals surface area contributed by atoms with E-state index in [2.05, 4.69) is 15.5 Å². The average Bonchev–Trinajstić information content (AvgIpc) is 2.94. The predicted molar refractivity (Wildman–Crippen MR) is 79.9 cm³/mol. The summed E-state index contributed by atoms with van der Waals surface area (Å²) in [7, 11) is 0. The minimum atomic E-state index is -0.130. The number of hydrogen-bond acceptors (Lipinski definition) is 2. The van der Waals surface area contributed by atoms with Crippen LogP contribution in [0.3, 0.4) is 0 Å². The van der Waals surface area contributed by atoms with Crippen LogP contribution in [0.25, 0.3) is 10.8 Å². The van der Waals surface area contributed by atoms with Crippen LogP contribution in [0.2, 0.25) is 0 Å². The Morgan fingerprint density at radius 2 is 2.00 bits per heavy atom. The number of carbonyl (C=O) groups excluding carboxylic acids is 1. The van der Waals surface area contributed by atoms with Gasteiger partial charge in [0.2, 0.25) is 0 Å². The molecule has 0 spiro atoms. The van der Waals surface area contributed by atoms with Crippen molar-refractivity contribution in [3.05, 3.63) is 59.8 Å². The van der Waals surface area contributed by atoms with Crippen molar-refractivity contribution in [1.29, 1.82) is 0 Å². The number of nitrogens with zero attached hydrogens (tertiary/aromatic N) is 1. The number of aromatic nitrogens is 2. The zero-order valence-corrected chi connectivity index (χ0v) is 11.2. The van der Waals surface area contributed by atoms with Gasteiger partial charge in [-0.2, -0.15) is 5.10 Å². The lowest BCUT2D eigenvalue weighted by atomic mass is 10.1. The second kappa shape index (κ2) is 5.17. The molecule has 20 heavy (non-hydrogen) atoms. The maximum absolute atomic E-state index is 12.3. The van der Waals surface area contributed by atoms with Gasteiger partial charge in [0, 0.05) is 11.1 Å². The van der Waals surface area contributed by atoms with Crippen LogP contribution >= 0.6 is 0 Å². The van der Waals surface area contributed by atoms with Gasteiger partial charge < -0.3 is 5.32 Å². The van der Waals surface area contributed by atoms with Gasteiger partial charge in [0.05, 0.1) is 6.20 Å². The molecule has 0 radical (unpaired) electrons. The molecule has 3 rings (SSSR count). The summed E-state index contributed by atoms with van der Waals surface area (Å²) in [5.74, 6) is 0.542. The zero-order valence-electron chi connectivity index (χ0n) is 11.2. The number of amides is 1. The fraction of sp³-hybridized carbons (Fsp3) is 0.125. The van der Waals surface area contributed by atoms with E-state index in [0.29, 0.717) is 11.4 Å². The highest BCUT2D eigenvalue weighted by atomic mass is 16.1. The van der Waals surface area contributed by atoms with Crippen molar-refractivity contribution in [2.45, 2.75) is 13.3 Å². The molecule has 0 saturated heterocycles. The zero-order chi connectivity index (χ0) is 13.9. The number of nitrogens with one attached hydrogen (secondary N) is 2. The molecule has 4 heteroatoms. The van der Waals surface area contributed by atoms with Crippen molar-refractivity contribution in [2.24, 2.45) is 0 Å². The number of aryl methyl sites for hydroxylation is 1. The number of rotatable bonds is 3. The fourth-order valence-electron chi connectivity index (χ4n) is 2.20. The van der Waals surface area contributed by atoms with Gasteiger partial charge in [-0.15, -0.1) is 0 Å². The Morgan fingerprint density at radius 3 is 2.80 bits per heavy atom. The van der Waals surface area contributed by atoms with Crippen LogP contribution in [-0.4, -0.2) is 16.1 Å². The second-order valence-corrected chi connectivity index (χ2v) is 4.64. The Morgan fingerprint density at radius 1 is 1.20 bits per heavy atom. The van der Waals surface area contributed by atoms with E-state index in [1.54, 1.807) is 6.20 Å². The summed E-state index contributed by atoms with van der Waals surface area (Å²) >= 11 is 0. The van der Waals surface area contributed by atoms with Crippen LogP contribution in [0.15, 0.2) is 48.7 Å². The Bertz CT molecular complexity index is 761. The molecule has 0 aliphatic carbocycles. The summed E-state index contributed by atoms with van der Waals surface area (Å²) in [6.07, 6.45) is 2.56. The highest BCUT2D eigenvalue weighted by Crippen LogP contribution is 2.17. The van der Waals surface area contributed by atoms with E-state index >= 15 is 0 Å². The Labute approximate surface area is 116 Å². The molecule has 0 unspecified atom stereocenters. The summed E-state index contributed by atoms with van der Waals surface area (Å²) in [5, 5.41) is 11.8. The third kappa shape index (κ3) is 2.28. The summed E-state index contributed by atoms with van der Waals surface area (Å²) in [4.78, 5) is 12.3. The lowest BCUT2D eigenvalue weighted by molar-refractivity contribution is 0.102. The number of carbonyl (C=O) groups is 1. The van der Waals surface area contributed by atoms with Gasteiger partial charge in [-0.25, -0.2) is 0 Å². The normalized spacial score (nSPS) is 10.7. The van der Waals surface area contributed by atoms with Gasteiger partial charge in [0.25, 0.3) is 5.91 Å². The minimum Gasteiger partial charge on any atom is -0.307 e. The number of H-pyrrole nitrogens is 1. The molecule has 0 atom stereocenters. The van der Waals surface area contributed by atoms with Gasteiger partial charge in [-0.3, -0.25) is 9.89 Å². The topological polar surface area (TPSA) is 57.8 Å². The second-order valence-electron chi connectivity index (χ2n) is 4.64. The van der Waals surface area contributed by atoms with Gasteiger partial charge in [0.15, 0.2) is 0 Å². The molecule has 3 aromatic rings. The monoisotopic (exact) mass is 265 g/mol. The van der Waals surface area contributed by atoms with E-state index in [9.17, 15) is 4.79 Å². The maximum atomic E-state index is 12.3. The van der Waals surface area contributed by atoms with E-state index in [0.717, 1.165) is 22.8 Å². The van der Waals surface area contributed by atoms with Crippen molar-refractivity contribution >= 4 is 22.5 Å². The smallest absolute Gasteiger partial charge is 0.256 e. The van der Waals surface area contributed by atoms with Crippen molar-refractivity contribution in [3.63, 3.8) is 0 Å². The maximum Gasteiger partial charge on any atom is 0.256 e. The van der Waals surface area contributed by atoms with E-state index < -0.39 is 0 Å². The Balaban J connectivity index is 1.89. The number of fused-ring (bicyclic) bond motifs is 1. The third-order valence-corrected chi connectivity index (χ3v) is 3.35. The highest BCUT2D eigenvalue weighted by molar-refractivity contribution is 6.06. The molecule has 1 heterocycles. The van der Waals surface area contributed by atoms with Crippen LogP contribution in [0.4, 0.5) is 5.82 Å². The highest BCUT2D eigenvalue weighted by Gasteiger charge is 2.10. The molecule has 1 aromatic heterocycles. The molecule has 0 fully saturated rings. The quantitative estimate of drug-likeness (QED) is 0.762. The summed E-state index contributed by atoms with van der Waals surface area (Å²) in [6.45, 7) is 2.02. The predicted octanol–water partition coefficient (Wildman–Crippen LogP) is 3.38. The first-order chi connectivity index (χ1) is 9.78. The minimum absolute atomic E-state index is 0.130. The van der Waals surface area contributed by atoms with Crippen molar-refractivity contribution in [1.82, 2.24) is 10.2 Å². The molecule has 2 N–H and O–H groups in total. The van der Waals surface area contributed by atoms with Gasteiger partial charge in [0.1, 0.15) is 5.82 Å². The standard InChI is InChI=1S/C16H15N3O/c1-2-11-10-17-19-15(11)18-16(20)14-8-7-12-5-3-4-6-13(12)9-14/h3-10H,2H2,1H3,(H2,17,18,19,20). The van der Waals surface area contributed by atoms with Crippen molar-refractivity contribution in [2.75, 3.05) is 5.32 Å². The fourth-order valence-corrected chi connectivity index (χ4v) is 2.20. The number of hydrogen-bond donors (Lipinski definition) is 2. The third-order valence-electron chi connectivity index (χ3n) is 3.35. The molecule has 2 aromatic carbocycles. The molecule has 0 aliphatic rings. The van der Waals surface area contributed by atoms with Crippen LogP contribution in [-0.2, 0) is 6.42 Å². The van der Waals surface area contributed by atoms with Crippen LogP contribution < -0.4 is 5.32 Å². The molecule has 100 valence electrons. The van der Waals surface area contributed by atoms with Crippen molar-refractivity contribution in [3.8, 4) is 0 Å². The SMILES string of the molecule is CCc1cn[nH]c1NC(=O)c1ccc2ccccc2c1. The lowest BCUT2D eigenvalue weighted by Crippen LogP contribution is -2.13. The number of anilines is 1. The van der Waals surface area contributed by atoms with E-state index in [1.807, 2.05) is 49.4 Å². The molecule has 0 saturated carbocycles. The molecule has 0 bridgehead atoms. The molecular weight excluding hydrogens is 250 g/mol. The van der Waals surface area contributed by atoms with E-state index in [-0.39, 0.29) is 5.91 Å². The molecular formula is C16H15N3O. The largest absolute Gasteiger partial charge is 0.307 e. The first-order valence-corrected chi connectivity index (χ1v) is 6.60. The van der Waals surface area contributed by atoms with Gasteiger partial charge in [-0.05, 0) is 29.3 Å².